The highest BCUT2D eigenvalue weighted by Gasteiger charge is 2.27. The summed E-state index contributed by atoms with van der Waals surface area (Å²) in [4.78, 5) is 0. The van der Waals surface area contributed by atoms with E-state index in [0.29, 0.717) is 0 Å². The predicted octanol–water partition coefficient (Wildman–Crippen LogP) is 3.26. The Balaban J connectivity index is 2.14. The van der Waals surface area contributed by atoms with Crippen molar-refractivity contribution in [3.63, 3.8) is 0 Å². The molecule has 2 rings (SSSR count). The van der Waals surface area contributed by atoms with Gasteiger partial charge in [-0.15, -0.1) is 0 Å². The molecule has 0 aliphatic carbocycles. The Labute approximate surface area is 111 Å². The summed E-state index contributed by atoms with van der Waals surface area (Å²) >= 11 is 0. The van der Waals surface area contributed by atoms with Crippen LogP contribution >= 0.6 is 0 Å². The van der Waals surface area contributed by atoms with Gasteiger partial charge in [0.05, 0.1) is 0 Å². The fourth-order valence-electron chi connectivity index (χ4n) is 2.43. The minimum atomic E-state index is -1.47. The Morgan fingerprint density at radius 1 is 1.32 bits per heavy atom. The zero-order valence-corrected chi connectivity index (χ0v) is 10.9. The highest BCUT2D eigenvalue weighted by molar-refractivity contribution is 5.26. The lowest BCUT2D eigenvalue weighted by atomic mass is 9.97. The molecule has 1 saturated heterocycles. The Bertz CT molecular complexity index is 433. The number of halogens is 3. The van der Waals surface area contributed by atoms with Crippen LogP contribution in [0, 0.1) is 23.4 Å². The van der Waals surface area contributed by atoms with Crippen LogP contribution in [0.1, 0.15) is 26.2 Å². The highest BCUT2D eigenvalue weighted by atomic mass is 19.2. The second-order valence-electron chi connectivity index (χ2n) is 4.87. The third kappa shape index (κ3) is 3.21. The zero-order chi connectivity index (χ0) is 13.8. The van der Waals surface area contributed by atoms with E-state index in [4.69, 9.17) is 4.74 Å². The molecule has 19 heavy (non-hydrogen) atoms. The van der Waals surface area contributed by atoms with Crippen LogP contribution < -0.4 is 10.1 Å². The van der Waals surface area contributed by atoms with Crippen LogP contribution in [0.15, 0.2) is 12.1 Å². The maximum atomic E-state index is 13.6. The van der Waals surface area contributed by atoms with Crippen LogP contribution in [0.3, 0.4) is 0 Å². The molecule has 0 bridgehead atoms. The number of rotatable bonds is 5. The van der Waals surface area contributed by atoms with Crippen molar-refractivity contribution in [3.05, 3.63) is 29.6 Å². The Kier molecular flexibility index (Phi) is 4.69. The topological polar surface area (TPSA) is 21.3 Å². The van der Waals surface area contributed by atoms with E-state index in [0.717, 1.165) is 44.5 Å². The average Bonchev–Trinajstić information content (AvgIpc) is 2.92. The van der Waals surface area contributed by atoms with Crippen molar-refractivity contribution in [1.82, 2.24) is 5.32 Å². The van der Waals surface area contributed by atoms with Crippen molar-refractivity contribution in [3.8, 4) is 5.75 Å². The molecule has 2 nitrogen and oxygen atoms in total. The van der Waals surface area contributed by atoms with E-state index < -0.39 is 17.5 Å². The first-order valence-electron chi connectivity index (χ1n) is 6.64. The van der Waals surface area contributed by atoms with Gasteiger partial charge in [-0.3, -0.25) is 0 Å². The van der Waals surface area contributed by atoms with Crippen LogP contribution in [-0.4, -0.2) is 19.2 Å². The van der Waals surface area contributed by atoms with E-state index in [1.54, 1.807) is 0 Å². The summed E-state index contributed by atoms with van der Waals surface area (Å²) in [7, 11) is 0. The van der Waals surface area contributed by atoms with Gasteiger partial charge in [0.2, 0.25) is 5.82 Å². The van der Waals surface area contributed by atoms with Crippen molar-refractivity contribution in [1.29, 1.82) is 0 Å². The predicted molar refractivity (Wildman–Crippen MR) is 66.6 cm³/mol. The molecule has 1 aliphatic heterocycles. The van der Waals surface area contributed by atoms with Gasteiger partial charge >= 0.3 is 0 Å². The maximum absolute atomic E-state index is 13.6. The molecule has 2 atom stereocenters. The largest absolute Gasteiger partial charge is 0.487 e. The number of hydrogen-bond acceptors (Lipinski definition) is 2. The summed E-state index contributed by atoms with van der Waals surface area (Å²) in [6.45, 7) is 3.74. The summed E-state index contributed by atoms with van der Waals surface area (Å²) in [6.07, 6.45) is 2.45. The zero-order valence-electron chi connectivity index (χ0n) is 10.9. The second-order valence-corrected chi connectivity index (χ2v) is 4.87. The first-order valence-corrected chi connectivity index (χ1v) is 6.64. The molecule has 0 aromatic heterocycles. The third-order valence-electron chi connectivity index (χ3n) is 3.48. The smallest absolute Gasteiger partial charge is 0.203 e. The van der Waals surface area contributed by atoms with E-state index in [9.17, 15) is 13.2 Å². The van der Waals surface area contributed by atoms with Gasteiger partial charge in [-0.1, -0.05) is 13.3 Å². The molecule has 1 N–H and O–H groups in total. The quantitative estimate of drug-likeness (QED) is 0.831. The van der Waals surface area contributed by atoms with Gasteiger partial charge in [-0.05, 0) is 31.5 Å². The van der Waals surface area contributed by atoms with Gasteiger partial charge in [0.25, 0.3) is 0 Å². The van der Waals surface area contributed by atoms with Crippen molar-refractivity contribution in [2.24, 2.45) is 5.92 Å². The summed E-state index contributed by atoms with van der Waals surface area (Å²) in [5.74, 6) is -3.83. The molecule has 5 heteroatoms. The maximum Gasteiger partial charge on any atom is 0.203 e. The van der Waals surface area contributed by atoms with Crippen molar-refractivity contribution in [2.75, 3.05) is 13.1 Å². The molecule has 0 radical (unpaired) electrons. The molecule has 0 saturated carbocycles. The molecular formula is C14H18F3NO. The molecule has 1 unspecified atom stereocenters. The van der Waals surface area contributed by atoms with Crippen LogP contribution in [0.5, 0.6) is 5.75 Å². The molecule has 106 valence electrons. The molecular weight excluding hydrogens is 255 g/mol. The normalized spacial score (nSPS) is 20.5. The Hall–Kier alpha value is -1.23. The summed E-state index contributed by atoms with van der Waals surface area (Å²) in [5.41, 5.74) is 0. The van der Waals surface area contributed by atoms with E-state index in [2.05, 4.69) is 5.32 Å². The minimum Gasteiger partial charge on any atom is -0.487 e. The number of benzene rings is 1. The van der Waals surface area contributed by atoms with Gasteiger partial charge in [-0.2, -0.15) is 4.39 Å². The Morgan fingerprint density at radius 2 is 2.11 bits per heavy atom. The monoisotopic (exact) mass is 273 g/mol. The lowest BCUT2D eigenvalue weighted by Gasteiger charge is -2.24. The van der Waals surface area contributed by atoms with Crippen LogP contribution in [0.25, 0.3) is 0 Å². The molecule has 1 aromatic rings. The minimum absolute atomic E-state index is 0.167. The van der Waals surface area contributed by atoms with E-state index in [-0.39, 0.29) is 17.8 Å². The van der Waals surface area contributed by atoms with E-state index >= 15 is 0 Å². The fourth-order valence-corrected chi connectivity index (χ4v) is 2.43. The van der Waals surface area contributed by atoms with E-state index in [1.165, 1.54) is 0 Å². The van der Waals surface area contributed by atoms with Gasteiger partial charge in [0.1, 0.15) is 6.10 Å². The lowest BCUT2D eigenvalue weighted by molar-refractivity contribution is 0.125. The number of ether oxygens (including phenoxy) is 1. The summed E-state index contributed by atoms with van der Waals surface area (Å²) in [5, 5.41) is 3.22. The fraction of sp³-hybridized carbons (Fsp3) is 0.571. The van der Waals surface area contributed by atoms with Crippen LogP contribution in [0.4, 0.5) is 13.2 Å². The van der Waals surface area contributed by atoms with Gasteiger partial charge in [-0.25, -0.2) is 8.78 Å². The first kappa shape index (κ1) is 14.2. The molecule has 1 heterocycles. The Morgan fingerprint density at radius 3 is 2.74 bits per heavy atom. The third-order valence-corrected chi connectivity index (χ3v) is 3.48. The lowest BCUT2D eigenvalue weighted by Crippen LogP contribution is -2.29. The van der Waals surface area contributed by atoms with Crippen molar-refractivity contribution < 1.29 is 17.9 Å². The number of hydrogen-bond donors (Lipinski definition) is 1. The van der Waals surface area contributed by atoms with E-state index in [1.807, 2.05) is 6.92 Å². The van der Waals surface area contributed by atoms with Crippen LogP contribution in [0.2, 0.25) is 0 Å². The van der Waals surface area contributed by atoms with Gasteiger partial charge < -0.3 is 10.1 Å². The standard InChI is InChI=1S/C14H18F3NO/c1-2-3-11(9-6-7-18-8-9)19-12-5-4-10(15)13(16)14(12)17/h4-5,9,11,18H,2-3,6-8H2,1H3/t9?,11-/m0/s1. The SMILES string of the molecule is CCC[C@H](Oc1ccc(F)c(F)c1F)C1CCNC1. The molecule has 0 spiro atoms. The molecule has 1 aliphatic rings. The number of nitrogens with one attached hydrogen (secondary N) is 1. The van der Waals surface area contributed by atoms with Gasteiger partial charge in [0.15, 0.2) is 17.4 Å². The second kappa shape index (κ2) is 6.28. The average molecular weight is 273 g/mol. The summed E-state index contributed by atoms with van der Waals surface area (Å²) < 4.78 is 45.2. The molecule has 1 aromatic carbocycles. The van der Waals surface area contributed by atoms with Gasteiger partial charge in [0, 0.05) is 12.5 Å². The first-order chi connectivity index (χ1) is 9.13. The van der Waals surface area contributed by atoms with Crippen molar-refractivity contribution in [2.45, 2.75) is 32.3 Å². The highest BCUT2D eigenvalue weighted by Crippen LogP contribution is 2.27. The summed E-state index contributed by atoms with van der Waals surface area (Å²) in [6, 6.07) is 2.04. The molecule has 1 fully saturated rings. The molecule has 0 amide bonds. The van der Waals surface area contributed by atoms with Crippen LogP contribution in [-0.2, 0) is 0 Å². The van der Waals surface area contributed by atoms with Crippen molar-refractivity contribution >= 4 is 0 Å².